The largest absolute Gasteiger partial charge is 0.468 e. The Kier molecular flexibility index (Phi) is 5.18. The van der Waals surface area contributed by atoms with Crippen molar-refractivity contribution in [3.63, 3.8) is 0 Å². The average molecular weight is 239 g/mol. The molecule has 3 N–H and O–H groups in total. The van der Waals surface area contributed by atoms with Gasteiger partial charge in [0.15, 0.2) is 0 Å². The summed E-state index contributed by atoms with van der Waals surface area (Å²) in [5, 5.41) is 2.86. The van der Waals surface area contributed by atoms with Gasteiger partial charge in [0, 0.05) is 19.0 Å². The first kappa shape index (κ1) is 13.7. The number of carbonyl (C=O) groups excluding carboxylic acids is 1. The number of likely N-dealkylation sites (N-methyl/N-ethyl adjacent to an activating group) is 1. The molecule has 2 unspecified atom stereocenters. The number of rotatable bonds is 6. The Hall–Kier alpha value is -1.33. The first-order valence-corrected chi connectivity index (χ1v) is 5.72. The summed E-state index contributed by atoms with van der Waals surface area (Å²) in [7, 11) is 3.90. The highest BCUT2D eigenvalue weighted by Crippen LogP contribution is 2.17. The van der Waals surface area contributed by atoms with Gasteiger partial charge in [0.05, 0.1) is 12.3 Å². The van der Waals surface area contributed by atoms with Crippen LogP contribution in [0.4, 0.5) is 0 Å². The van der Waals surface area contributed by atoms with Crippen LogP contribution < -0.4 is 11.1 Å². The van der Waals surface area contributed by atoms with E-state index < -0.39 is 0 Å². The van der Waals surface area contributed by atoms with E-state index in [0.29, 0.717) is 13.0 Å². The molecule has 1 amide bonds. The minimum Gasteiger partial charge on any atom is -0.468 e. The van der Waals surface area contributed by atoms with Crippen molar-refractivity contribution in [3.05, 3.63) is 24.2 Å². The molecule has 17 heavy (non-hydrogen) atoms. The normalized spacial score (nSPS) is 14.6. The van der Waals surface area contributed by atoms with Crippen LogP contribution in [0.1, 0.15) is 25.1 Å². The van der Waals surface area contributed by atoms with Gasteiger partial charge in [-0.3, -0.25) is 9.69 Å². The molecule has 5 nitrogen and oxygen atoms in total. The van der Waals surface area contributed by atoms with Crippen LogP contribution in [0.5, 0.6) is 0 Å². The topological polar surface area (TPSA) is 71.5 Å². The Balaban J connectivity index is 2.49. The third-order valence-corrected chi connectivity index (χ3v) is 2.49. The molecule has 5 heteroatoms. The third-order valence-electron chi connectivity index (χ3n) is 2.49. The predicted molar refractivity (Wildman–Crippen MR) is 66.4 cm³/mol. The second-order valence-corrected chi connectivity index (χ2v) is 4.48. The first-order chi connectivity index (χ1) is 8.00. The monoisotopic (exact) mass is 239 g/mol. The number of furan rings is 1. The number of nitrogens with one attached hydrogen (secondary N) is 1. The molecule has 0 saturated heterocycles. The number of nitrogens with zero attached hydrogens (tertiary/aromatic N) is 1. The molecular formula is C12H21N3O2. The molecule has 0 aliphatic heterocycles. The molecule has 1 heterocycles. The first-order valence-electron chi connectivity index (χ1n) is 5.72. The Morgan fingerprint density at radius 3 is 2.76 bits per heavy atom. The van der Waals surface area contributed by atoms with Crippen molar-refractivity contribution in [2.75, 3.05) is 20.6 Å². The van der Waals surface area contributed by atoms with E-state index in [0.717, 1.165) is 5.76 Å². The molecule has 0 spiro atoms. The van der Waals surface area contributed by atoms with Crippen molar-refractivity contribution in [1.82, 2.24) is 10.2 Å². The molecule has 0 saturated carbocycles. The van der Waals surface area contributed by atoms with Crippen LogP contribution in [0.15, 0.2) is 22.8 Å². The van der Waals surface area contributed by atoms with Crippen molar-refractivity contribution >= 4 is 5.91 Å². The quantitative estimate of drug-likeness (QED) is 0.768. The van der Waals surface area contributed by atoms with Crippen molar-refractivity contribution in [3.8, 4) is 0 Å². The van der Waals surface area contributed by atoms with E-state index in [-0.39, 0.29) is 18.0 Å². The summed E-state index contributed by atoms with van der Waals surface area (Å²) in [5.74, 6) is 0.814. The van der Waals surface area contributed by atoms with Gasteiger partial charge >= 0.3 is 0 Å². The van der Waals surface area contributed by atoms with E-state index in [9.17, 15) is 4.79 Å². The standard InChI is InChI=1S/C12H21N3O2/c1-9(13)7-12(16)14-8-10(15(2)3)11-5-4-6-17-11/h4-6,9-10H,7-8,13H2,1-3H3,(H,14,16). The number of nitrogens with two attached hydrogens (primary N) is 1. The summed E-state index contributed by atoms with van der Waals surface area (Å²) in [6, 6.07) is 3.68. The maximum atomic E-state index is 11.5. The summed E-state index contributed by atoms with van der Waals surface area (Å²) in [4.78, 5) is 13.5. The average Bonchev–Trinajstić information content (AvgIpc) is 2.69. The SMILES string of the molecule is CC(N)CC(=O)NCC(c1ccco1)N(C)C. The van der Waals surface area contributed by atoms with Crippen LogP contribution >= 0.6 is 0 Å². The zero-order valence-electron chi connectivity index (χ0n) is 10.6. The van der Waals surface area contributed by atoms with Crippen LogP contribution in [0.25, 0.3) is 0 Å². The van der Waals surface area contributed by atoms with E-state index in [2.05, 4.69) is 5.32 Å². The fourth-order valence-corrected chi connectivity index (χ4v) is 1.59. The summed E-state index contributed by atoms with van der Waals surface area (Å²) in [5.41, 5.74) is 5.56. The Morgan fingerprint density at radius 1 is 1.59 bits per heavy atom. The molecule has 1 aromatic heterocycles. The van der Waals surface area contributed by atoms with E-state index in [1.165, 1.54) is 0 Å². The molecule has 0 radical (unpaired) electrons. The number of hydrogen-bond acceptors (Lipinski definition) is 4. The maximum Gasteiger partial charge on any atom is 0.221 e. The maximum absolute atomic E-state index is 11.5. The Bertz CT molecular complexity index is 334. The lowest BCUT2D eigenvalue weighted by Crippen LogP contribution is -2.36. The van der Waals surface area contributed by atoms with Gasteiger partial charge in [0.1, 0.15) is 5.76 Å². The second kappa shape index (κ2) is 6.42. The summed E-state index contributed by atoms with van der Waals surface area (Å²) < 4.78 is 5.35. The van der Waals surface area contributed by atoms with E-state index in [1.807, 2.05) is 38.1 Å². The number of amides is 1. The predicted octanol–water partition coefficient (Wildman–Crippen LogP) is 0.736. The molecule has 96 valence electrons. The highest BCUT2D eigenvalue weighted by molar-refractivity contribution is 5.76. The fraction of sp³-hybridized carbons (Fsp3) is 0.583. The number of hydrogen-bond donors (Lipinski definition) is 2. The van der Waals surface area contributed by atoms with Gasteiger partial charge in [0.2, 0.25) is 5.91 Å². The van der Waals surface area contributed by atoms with Crippen LogP contribution in [0.3, 0.4) is 0 Å². The highest BCUT2D eigenvalue weighted by Gasteiger charge is 2.17. The van der Waals surface area contributed by atoms with Gasteiger partial charge in [-0.25, -0.2) is 0 Å². The van der Waals surface area contributed by atoms with E-state index in [4.69, 9.17) is 10.2 Å². The number of carbonyl (C=O) groups is 1. The van der Waals surface area contributed by atoms with Gasteiger partial charge in [-0.2, -0.15) is 0 Å². The lowest BCUT2D eigenvalue weighted by atomic mass is 10.2. The summed E-state index contributed by atoms with van der Waals surface area (Å²) >= 11 is 0. The minimum atomic E-state index is -0.114. The molecule has 1 aromatic rings. The second-order valence-electron chi connectivity index (χ2n) is 4.48. The van der Waals surface area contributed by atoms with E-state index in [1.54, 1.807) is 6.26 Å². The van der Waals surface area contributed by atoms with Crippen LogP contribution in [-0.2, 0) is 4.79 Å². The zero-order chi connectivity index (χ0) is 12.8. The third kappa shape index (κ3) is 4.58. The van der Waals surface area contributed by atoms with Crippen molar-refractivity contribution < 1.29 is 9.21 Å². The van der Waals surface area contributed by atoms with Crippen LogP contribution in [-0.4, -0.2) is 37.5 Å². The fourth-order valence-electron chi connectivity index (χ4n) is 1.59. The molecule has 2 atom stereocenters. The highest BCUT2D eigenvalue weighted by atomic mass is 16.3. The Labute approximate surface area is 102 Å². The smallest absolute Gasteiger partial charge is 0.221 e. The lowest BCUT2D eigenvalue weighted by molar-refractivity contribution is -0.121. The molecule has 0 aliphatic carbocycles. The van der Waals surface area contributed by atoms with Crippen LogP contribution in [0.2, 0.25) is 0 Å². The van der Waals surface area contributed by atoms with Gasteiger partial charge < -0.3 is 15.5 Å². The van der Waals surface area contributed by atoms with Gasteiger partial charge in [-0.1, -0.05) is 0 Å². The van der Waals surface area contributed by atoms with Crippen LogP contribution in [0, 0.1) is 0 Å². The Morgan fingerprint density at radius 2 is 2.29 bits per heavy atom. The van der Waals surface area contributed by atoms with Gasteiger partial charge in [-0.15, -0.1) is 0 Å². The van der Waals surface area contributed by atoms with Crippen molar-refractivity contribution in [2.24, 2.45) is 5.73 Å². The van der Waals surface area contributed by atoms with Gasteiger partial charge in [-0.05, 0) is 33.2 Å². The zero-order valence-corrected chi connectivity index (χ0v) is 10.6. The summed E-state index contributed by atoms with van der Waals surface area (Å²) in [6.45, 7) is 2.33. The van der Waals surface area contributed by atoms with Crippen molar-refractivity contribution in [2.45, 2.75) is 25.4 Å². The summed E-state index contributed by atoms with van der Waals surface area (Å²) in [6.07, 6.45) is 1.98. The molecule has 1 rings (SSSR count). The molecule has 0 aliphatic rings. The lowest BCUT2D eigenvalue weighted by Gasteiger charge is -2.22. The molecule has 0 fully saturated rings. The van der Waals surface area contributed by atoms with E-state index >= 15 is 0 Å². The molecule has 0 aromatic carbocycles. The molecule has 0 bridgehead atoms. The minimum absolute atomic E-state index is 0.0293. The molecular weight excluding hydrogens is 218 g/mol. The van der Waals surface area contributed by atoms with Crippen molar-refractivity contribution in [1.29, 1.82) is 0 Å². The van der Waals surface area contributed by atoms with Gasteiger partial charge in [0.25, 0.3) is 0 Å².